The molecule has 0 aliphatic heterocycles. The van der Waals surface area contributed by atoms with Crippen molar-refractivity contribution in [1.82, 2.24) is 5.16 Å². The zero-order chi connectivity index (χ0) is 22.0. The number of halogens is 4. The number of alkyl halides is 3. The van der Waals surface area contributed by atoms with Crippen LogP contribution in [0.2, 0.25) is 0 Å². The van der Waals surface area contributed by atoms with Gasteiger partial charge < -0.3 is 9.84 Å². The molecule has 1 aromatic heterocycles. The number of hydrogen-bond donors (Lipinski definition) is 1. The molecule has 162 valence electrons. The molecule has 8 heteroatoms. The third-order valence-corrected chi connectivity index (χ3v) is 5.75. The number of nitrogens with one attached hydrogen (secondary N) is 1. The topological polar surface area (TPSA) is 55.1 Å². The lowest BCUT2D eigenvalue weighted by Gasteiger charge is -2.29. The molecule has 2 unspecified atom stereocenters. The van der Waals surface area contributed by atoms with Crippen molar-refractivity contribution in [2.45, 2.75) is 37.8 Å². The van der Waals surface area contributed by atoms with Crippen LogP contribution in [0.15, 0.2) is 59.4 Å². The van der Waals surface area contributed by atoms with E-state index in [0.29, 0.717) is 18.9 Å². The van der Waals surface area contributed by atoms with E-state index in [2.05, 4.69) is 10.5 Å². The van der Waals surface area contributed by atoms with E-state index in [1.807, 2.05) is 24.3 Å². The molecule has 3 aromatic rings. The number of nitrogens with zero attached hydrogens (tertiary/aromatic N) is 1. The zero-order valence-corrected chi connectivity index (χ0v) is 16.5. The predicted molar refractivity (Wildman–Crippen MR) is 107 cm³/mol. The van der Waals surface area contributed by atoms with Crippen molar-refractivity contribution in [2.75, 3.05) is 5.32 Å². The second-order valence-corrected chi connectivity index (χ2v) is 7.78. The minimum atomic E-state index is -4.64. The summed E-state index contributed by atoms with van der Waals surface area (Å²) >= 11 is 0. The predicted octanol–water partition coefficient (Wildman–Crippen LogP) is 6.41. The average Bonchev–Trinajstić information content (AvgIpc) is 3.29. The Balaban J connectivity index is 1.42. The van der Waals surface area contributed by atoms with Crippen LogP contribution in [0.25, 0.3) is 11.1 Å². The highest BCUT2D eigenvalue weighted by atomic mass is 19.4. The molecular formula is C23H20F4N2O2. The maximum atomic E-state index is 14.1. The molecule has 1 aliphatic carbocycles. The molecule has 1 N–H and O–H groups in total. The number of rotatable bonds is 4. The van der Waals surface area contributed by atoms with Crippen LogP contribution in [-0.4, -0.2) is 11.1 Å². The average molecular weight is 432 g/mol. The smallest absolute Gasteiger partial charge is 0.364 e. The number of hydrogen-bond acceptors (Lipinski definition) is 3. The fourth-order valence-electron chi connectivity index (χ4n) is 4.05. The second kappa shape index (κ2) is 8.53. The molecule has 1 amide bonds. The third-order valence-electron chi connectivity index (χ3n) is 5.75. The van der Waals surface area contributed by atoms with Crippen molar-refractivity contribution in [2.24, 2.45) is 5.92 Å². The number of aromatic nitrogens is 1. The van der Waals surface area contributed by atoms with E-state index in [0.717, 1.165) is 41.7 Å². The summed E-state index contributed by atoms with van der Waals surface area (Å²) in [6.07, 6.45) is 1.59. The van der Waals surface area contributed by atoms with E-state index in [1.54, 1.807) is 12.5 Å². The second-order valence-electron chi connectivity index (χ2n) is 7.78. The molecule has 0 saturated heterocycles. The molecule has 1 heterocycles. The lowest BCUT2D eigenvalue weighted by atomic mass is 9.77. The number of carbonyl (C=O) groups is 1. The summed E-state index contributed by atoms with van der Waals surface area (Å²) in [5, 5.41) is 6.16. The molecule has 0 spiro atoms. The van der Waals surface area contributed by atoms with Crippen LogP contribution in [0.4, 0.5) is 23.2 Å². The van der Waals surface area contributed by atoms with Crippen molar-refractivity contribution >= 4 is 11.6 Å². The lowest BCUT2D eigenvalue weighted by molar-refractivity contribution is -0.137. The van der Waals surface area contributed by atoms with E-state index in [-0.39, 0.29) is 23.4 Å². The summed E-state index contributed by atoms with van der Waals surface area (Å²) in [4.78, 5) is 12.7. The molecule has 4 nitrogen and oxygen atoms in total. The summed E-state index contributed by atoms with van der Waals surface area (Å²) in [6, 6.07) is 10.1. The summed E-state index contributed by atoms with van der Waals surface area (Å²) in [7, 11) is 0. The van der Waals surface area contributed by atoms with Gasteiger partial charge in [-0.2, -0.15) is 13.2 Å². The zero-order valence-electron chi connectivity index (χ0n) is 16.5. The standard InChI is InChI=1S/C23H20F4N2O2/c24-20-11-19(23(25,26)27)8-9-21(20)29-22(30)17-3-1-2-16(10-17)14-4-6-15(7-5-14)18-12-28-31-13-18/h4-9,11-13,16-17H,1-3,10H2,(H,29,30). The van der Waals surface area contributed by atoms with Gasteiger partial charge in [0.15, 0.2) is 0 Å². The minimum Gasteiger partial charge on any atom is -0.364 e. The van der Waals surface area contributed by atoms with Gasteiger partial charge in [0.1, 0.15) is 12.1 Å². The van der Waals surface area contributed by atoms with Crippen LogP contribution in [-0.2, 0) is 11.0 Å². The first-order valence-corrected chi connectivity index (χ1v) is 9.98. The van der Waals surface area contributed by atoms with Crippen molar-refractivity contribution < 1.29 is 26.9 Å². The van der Waals surface area contributed by atoms with Gasteiger partial charge in [0.2, 0.25) is 5.91 Å². The van der Waals surface area contributed by atoms with Gasteiger partial charge in [-0.25, -0.2) is 4.39 Å². The summed E-state index contributed by atoms with van der Waals surface area (Å²) in [6.45, 7) is 0. The van der Waals surface area contributed by atoms with Gasteiger partial charge in [0.25, 0.3) is 0 Å². The van der Waals surface area contributed by atoms with Crippen LogP contribution in [0.1, 0.15) is 42.7 Å². The summed E-state index contributed by atoms with van der Waals surface area (Å²) in [5.74, 6) is -1.62. The lowest BCUT2D eigenvalue weighted by Crippen LogP contribution is -2.28. The highest BCUT2D eigenvalue weighted by molar-refractivity contribution is 5.92. The van der Waals surface area contributed by atoms with Gasteiger partial charge in [-0.05, 0) is 54.5 Å². The van der Waals surface area contributed by atoms with Gasteiger partial charge in [-0.1, -0.05) is 35.8 Å². The molecule has 4 rings (SSSR count). The van der Waals surface area contributed by atoms with Crippen molar-refractivity contribution in [3.63, 3.8) is 0 Å². The monoisotopic (exact) mass is 432 g/mol. The normalized spacial score (nSPS) is 19.2. The van der Waals surface area contributed by atoms with E-state index in [1.165, 1.54) is 0 Å². The maximum absolute atomic E-state index is 14.1. The first kappa shape index (κ1) is 21.1. The fraction of sp³-hybridized carbons (Fsp3) is 0.304. The van der Waals surface area contributed by atoms with Gasteiger partial charge in [0.05, 0.1) is 17.4 Å². The first-order valence-electron chi connectivity index (χ1n) is 9.98. The van der Waals surface area contributed by atoms with E-state index < -0.39 is 17.6 Å². The van der Waals surface area contributed by atoms with Crippen LogP contribution in [0.3, 0.4) is 0 Å². The Kier molecular flexibility index (Phi) is 5.80. The van der Waals surface area contributed by atoms with Gasteiger partial charge in [-0.15, -0.1) is 0 Å². The number of carbonyl (C=O) groups excluding carboxylic acids is 1. The van der Waals surface area contributed by atoms with Crippen LogP contribution < -0.4 is 5.32 Å². The minimum absolute atomic E-state index is 0.179. The van der Waals surface area contributed by atoms with E-state index in [4.69, 9.17) is 4.52 Å². The molecular weight excluding hydrogens is 412 g/mol. The van der Waals surface area contributed by atoms with Crippen molar-refractivity contribution in [3.05, 3.63) is 71.9 Å². The largest absolute Gasteiger partial charge is 0.416 e. The molecule has 1 saturated carbocycles. The van der Waals surface area contributed by atoms with Gasteiger partial charge in [0, 0.05) is 11.5 Å². The first-order chi connectivity index (χ1) is 14.8. The quantitative estimate of drug-likeness (QED) is 0.485. The highest BCUT2D eigenvalue weighted by Crippen LogP contribution is 2.38. The third kappa shape index (κ3) is 4.78. The molecule has 2 aromatic carbocycles. The summed E-state index contributed by atoms with van der Waals surface area (Å²) in [5.41, 5.74) is 1.64. The highest BCUT2D eigenvalue weighted by Gasteiger charge is 2.32. The van der Waals surface area contributed by atoms with Crippen molar-refractivity contribution in [1.29, 1.82) is 0 Å². The van der Waals surface area contributed by atoms with Gasteiger partial charge >= 0.3 is 6.18 Å². The molecule has 31 heavy (non-hydrogen) atoms. The molecule has 0 bridgehead atoms. The Morgan fingerprint density at radius 2 is 1.84 bits per heavy atom. The number of benzene rings is 2. The van der Waals surface area contributed by atoms with E-state index in [9.17, 15) is 22.4 Å². The molecule has 2 atom stereocenters. The Bertz CT molecular complexity index is 1050. The molecule has 0 radical (unpaired) electrons. The molecule has 1 aliphatic rings. The van der Waals surface area contributed by atoms with Crippen molar-refractivity contribution in [3.8, 4) is 11.1 Å². The Labute approximate surface area is 176 Å². The van der Waals surface area contributed by atoms with Crippen LogP contribution in [0, 0.1) is 11.7 Å². The maximum Gasteiger partial charge on any atom is 0.416 e. The Morgan fingerprint density at radius 1 is 1.06 bits per heavy atom. The fourth-order valence-corrected chi connectivity index (χ4v) is 4.05. The van der Waals surface area contributed by atoms with Gasteiger partial charge in [-0.3, -0.25) is 4.79 Å². The van der Waals surface area contributed by atoms with Crippen LogP contribution in [0.5, 0.6) is 0 Å². The Hall–Kier alpha value is -3.16. The van der Waals surface area contributed by atoms with Crippen LogP contribution >= 0.6 is 0 Å². The van der Waals surface area contributed by atoms with E-state index >= 15 is 0 Å². The number of amides is 1. The summed E-state index contributed by atoms with van der Waals surface area (Å²) < 4.78 is 57.0. The molecule has 1 fully saturated rings. The SMILES string of the molecule is O=C(Nc1ccc(C(F)(F)F)cc1F)C1CCCC(c2ccc(-c3cnoc3)cc2)C1. The Morgan fingerprint density at radius 3 is 2.48 bits per heavy atom. The number of anilines is 1.